The lowest BCUT2D eigenvalue weighted by atomic mass is 10.1. The number of piperidine rings is 1. The molecule has 0 aromatic heterocycles. The number of aliphatic imine (C=N–C) groups is 1. The summed E-state index contributed by atoms with van der Waals surface area (Å²) >= 11 is 0. The molecule has 2 rings (SSSR count). The Bertz CT molecular complexity index is 652. The number of amides is 1. The van der Waals surface area contributed by atoms with Crippen molar-refractivity contribution in [2.75, 3.05) is 45.5 Å². The number of nitrogens with zero attached hydrogens (tertiary/aromatic N) is 2. The van der Waals surface area contributed by atoms with Gasteiger partial charge in [-0.2, -0.15) is 0 Å². The predicted molar refractivity (Wildman–Crippen MR) is 131 cm³/mol. The molecule has 1 amide bonds. The van der Waals surface area contributed by atoms with Crippen LogP contribution in [0.25, 0.3) is 0 Å². The van der Waals surface area contributed by atoms with Crippen LogP contribution in [0.3, 0.4) is 0 Å². The second-order valence-electron chi connectivity index (χ2n) is 6.90. The van der Waals surface area contributed by atoms with Gasteiger partial charge in [0.1, 0.15) is 0 Å². The summed E-state index contributed by atoms with van der Waals surface area (Å²) in [6.45, 7) is 5.61. The normalized spacial score (nSPS) is 16.6. The molecule has 7 nitrogen and oxygen atoms in total. The first-order valence-corrected chi connectivity index (χ1v) is 11.5. The number of halogens is 1. The lowest BCUT2D eigenvalue weighted by Crippen LogP contribution is -2.50. The molecule has 0 aliphatic carbocycles. The number of likely N-dealkylation sites (N-methyl/N-ethyl adjacent to an activating group) is 1. The number of rotatable bonds is 9. The highest BCUT2D eigenvalue weighted by Gasteiger charge is 2.21. The van der Waals surface area contributed by atoms with Crippen molar-refractivity contribution in [3.8, 4) is 0 Å². The van der Waals surface area contributed by atoms with Gasteiger partial charge in [0.05, 0.1) is 13.1 Å². The fraction of sp³-hybridized carbons (Fsp3) is 0.600. The van der Waals surface area contributed by atoms with Gasteiger partial charge < -0.3 is 16.0 Å². The smallest absolute Gasteiger partial charge is 0.233 e. The number of carbonyl (C=O) groups is 1. The maximum absolute atomic E-state index is 12.3. The van der Waals surface area contributed by atoms with Gasteiger partial charge in [0.25, 0.3) is 0 Å². The average Bonchev–Trinajstić information content (AvgIpc) is 2.70. The molecule has 0 radical (unpaired) electrons. The zero-order valence-corrected chi connectivity index (χ0v) is 20.5. The highest BCUT2D eigenvalue weighted by atomic mass is 127. The van der Waals surface area contributed by atoms with Crippen molar-refractivity contribution in [2.24, 2.45) is 4.99 Å². The molecule has 0 spiro atoms. The third kappa shape index (κ3) is 10.4. The van der Waals surface area contributed by atoms with Crippen LogP contribution in [0, 0.1) is 0 Å². The van der Waals surface area contributed by atoms with Crippen LogP contribution in [-0.4, -0.2) is 72.5 Å². The molecule has 29 heavy (non-hydrogen) atoms. The van der Waals surface area contributed by atoms with Crippen LogP contribution in [0.1, 0.15) is 25.3 Å². The Morgan fingerprint density at radius 3 is 2.55 bits per heavy atom. The molecule has 3 N–H and O–H groups in total. The van der Waals surface area contributed by atoms with Crippen molar-refractivity contribution in [2.45, 2.75) is 31.6 Å². The van der Waals surface area contributed by atoms with Gasteiger partial charge in [-0.3, -0.25) is 18.9 Å². The van der Waals surface area contributed by atoms with Crippen molar-refractivity contribution in [1.82, 2.24) is 20.9 Å². The molecule has 1 aromatic rings. The first kappa shape index (κ1) is 25.8. The van der Waals surface area contributed by atoms with Gasteiger partial charge in [0.15, 0.2) is 5.96 Å². The monoisotopic (exact) mass is 535 g/mol. The number of guanidine groups is 1. The first-order chi connectivity index (χ1) is 13.6. The van der Waals surface area contributed by atoms with Crippen LogP contribution in [0.2, 0.25) is 0 Å². The van der Waals surface area contributed by atoms with E-state index in [2.05, 4.69) is 25.8 Å². The van der Waals surface area contributed by atoms with E-state index < -0.39 is 10.8 Å². The molecule has 1 aromatic carbocycles. The zero-order valence-electron chi connectivity index (χ0n) is 17.4. The summed E-state index contributed by atoms with van der Waals surface area (Å²) in [6.07, 6.45) is 1.95. The van der Waals surface area contributed by atoms with Crippen LogP contribution < -0.4 is 16.0 Å². The summed E-state index contributed by atoms with van der Waals surface area (Å²) in [5.41, 5.74) is 1.10. The van der Waals surface area contributed by atoms with E-state index in [9.17, 15) is 9.00 Å². The molecular weight excluding hydrogens is 501 g/mol. The van der Waals surface area contributed by atoms with E-state index in [4.69, 9.17) is 0 Å². The predicted octanol–water partition coefficient (Wildman–Crippen LogP) is 1.32. The number of benzene rings is 1. The molecule has 1 aliphatic heterocycles. The Hall–Kier alpha value is -1.20. The van der Waals surface area contributed by atoms with Gasteiger partial charge >= 0.3 is 0 Å². The van der Waals surface area contributed by atoms with Gasteiger partial charge in [-0.1, -0.05) is 30.3 Å². The highest BCUT2D eigenvalue weighted by molar-refractivity contribution is 14.0. The van der Waals surface area contributed by atoms with Crippen LogP contribution in [0.5, 0.6) is 0 Å². The first-order valence-electron chi connectivity index (χ1n) is 9.97. The van der Waals surface area contributed by atoms with Gasteiger partial charge in [-0.05, 0) is 25.3 Å². The largest absolute Gasteiger partial charge is 0.358 e. The summed E-state index contributed by atoms with van der Waals surface area (Å²) in [5.74, 6) is 1.97. The molecule has 9 heteroatoms. The Morgan fingerprint density at radius 2 is 1.93 bits per heavy atom. The SMILES string of the molecule is CCNC(=NCCS(=O)Cc1ccccc1)NC1CCN(CC(=O)NC)CC1.I. The topological polar surface area (TPSA) is 85.8 Å². The quantitative estimate of drug-likeness (QED) is 0.253. The molecule has 0 bridgehead atoms. The maximum atomic E-state index is 12.3. The number of nitrogens with one attached hydrogen (secondary N) is 3. The van der Waals surface area contributed by atoms with Gasteiger partial charge in [-0.25, -0.2) is 0 Å². The van der Waals surface area contributed by atoms with Crippen molar-refractivity contribution in [3.05, 3.63) is 35.9 Å². The van der Waals surface area contributed by atoms with E-state index >= 15 is 0 Å². The second kappa shape index (κ2) is 14.7. The standard InChI is InChI=1S/C20H33N5O2S.HI/c1-3-22-20(23-11-14-28(27)16-17-7-5-4-6-8-17)24-18-9-12-25(13-10-18)15-19(26)21-2;/h4-8,18H,3,9-16H2,1-2H3,(H,21,26)(H2,22,23,24);1H. The molecule has 1 atom stereocenters. The summed E-state index contributed by atoms with van der Waals surface area (Å²) in [7, 11) is 0.753. The molecule has 1 aliphatic rings. The Morgan fingerprint density at radius 1 is 1.24 bits per heavy atom. The van der Waals surface area contributed by atoms with Gasteiger partial charge in [0.2, 0.25) is 5.91 Å². The zero-order chi connectivity index (χ0) is 20.2. The minimum absolute atomic E-state index is 0. The molecular formula is C20H34IN5O2S. The van der Waals surface area contributed by atoms with Crippen molar-refractivity contribution >= 4 is 46.6 Å². The fourth-order valence-corrected chi connectivity index (χ4v) is 4.13. The van der Waals surface area contributed by atoms with E-state index in [0.717, 1.165) is 44.0 Å². The fourth-order valence-electron chi connectivity index (χ4n) is 3.12. The third-order valence-electron chi connectivity index (χ3n) is 4.68. The van der Waals surface area contributed by atoms with Crippen LogP contribution >= 0.6 is 24.0 Å². The minimum atomic E-state index is -0.917. The number of hydrogen-bond acceptors (Lipinski definition) is 4. The van der Waals surface area contributed by atoms with E-state index in [1.165, 1.54) is 0 Å². The summed E-state index contributed by atoms with van der Waals surface area (Å²) < 4.78 is 12.3. The van der Waals surface area contributed by atoms with Gasteiger partial charge in [-0.15, -0.1) is 24.0 Å². The molecule has 1 unspecified atom stereocenters. The number of hydrogen-bond donors (Lipinski definition) is 3. The lowest BCUT2D eigenvalue weighted by Gasteiger charge is -2.32. The van der Waals surface area contributed by atoms with Crippen molar-refractivity contribution < 1.29 is 9.00 Å². The third-order valence-corrected chi connectivity index (χ3v) is 5.97. The molecule has 1 heterocycles. The highest BCUT2D eigenvalue weighted by Crippen LogP contribution is 2.10. The lowest BCUT2D eigenvalue weighted by molar-refractivity contribution is -0.122. The summed E-state index contributed by atoms with van der Waals surface area (Å²) in [5, 5.41) is 9.42. The van der Waals surface area contributed by atoms with E-state index in [0.29, 0.717) is 30.6 Å². The van der Waals surface area contributed by atoms with Gasteiger partial charge in [0, 0.05) is 55.0 Å². The van der Waals surface area contributed by atoms with Crippen molar-refractivity contribution in [1.29, 1.82) is 0 Å². The minimum Gasteiger partial charge on any atom is -0.358 e. The molecule has 0 saturated carbocycles. The number of carbonyl (C=O) groups excluding carboxylic acids is 1. The Kier molecular flexibility index (Phi) is 13.1. The van der Waals surface area contributed by atoms with Crippen LogP contribution in [0.15, 0.2) is 35.3 Å². The summed E-state index contributed by atoms with van der Waals surface area (Å²) in [6, 6.07) is 10.3. The van der Waals surface area contributed by atoms with Crippen molar-refractivity contribution in [3.63, 3.8) is 0 Å². The van der Waals surface area contributed by atoms with E-state index in [1.807, 2.05) is 37.3 Å². The maximum Gasteiger partial charge on any atom is 0.233 e. The summed E-state index contributed by atoms with van der Waals surface area (Å²) in [4.78, 5) is 18.3. The molecule has 1 fully saturated rings. The van der Waals surface area contributed by atoms with E-state index in [-0.39, 0.29) is 29.9 Å². The Labute approximate surface area is 194 Å². The van der Waals surface area contributed by atoms with E-state index in [1.54, 1.807) is 7.05 Å². The molecule has 164 valence electrons. The second-order valence-corrected chi connectivity index (χ2v) is 8.48. The molecule has 1 saturated heterocycles. The Balaban J connectivity index is 0.00000420. The van der Waals surface area contributed by atoms with Crippen LogP contribution in [-0.2, 0) is 21.3 Å². The van der Waals surface area contributed by atoms with Crippen LogP contribution in [0.4, 0.5) is 0 Å². The average molecular weight is 535 g/mol. The number of likely N-dealkylation sites (tertiary alicyclic amines) is 1.